The van der Waals surface area contributed by atoms with Crippen LogP contribution in [0.4, 0.5) is 0 Å². The molecule has 2 bridgehead atoms. The van der Waals surface area contributed by atoms with Gasteiger partial charge in [-0.1, -0.05) is 18.2 Å². The average molecular weight is 314 g/mol. The van der Waals surface area contributed by atoms with Crippen LogP contribution in [0.2, 0.25) is 0 Å². The second-order valence-electron chi connectivity index (χ2n) is 7.28. The van der Waals surface area contributed by atoms with E-state index in [0.717, 1.165) is 24.8 Å². The smallest absolute Gasteiger partial charge is 0.224 e. The van der Waals surface area contributed by atoms with Gasteiger partial charge >= 0.3 is 0 Å². The molecule has 2 aliphatic rings. The lowest BCUT2D eigenvalue weighted by Gasteiger charge is -2.31. The third kappa shape index (κ3) is 2.87. The summed E-state index contributed by atoms with van der Waals surface area (Å²) < 4.78 is 0. The van der Waals surface area contributed by atoms with Gasteiger partial charge in [-0.05, 0) is 68.6 Å². The van der Waals surface area contributed by atoms with Crippen molar-refractivity contribution in [2.24, 2.45) is 23.7 Å². The van der Waals surface area contributed by atoms with Crippen molar-refractivity contribution in [2.75, 3.05) is 0 Å². The van der Waals surface area contributed by atoms with Gasteiger partial charge in [0.1, 0.15) is 0 Å². The summed E-state index contributed by atoms with van der Waals surface area (Å²) in [4.78, 5) is 24.1. The van der Waals surface area contributed by atoms with E-state index in [9.17, 15) is 14.7 Å². The zero-order valence-corrected chi connectivity index (χ0v) is 14.0. The number of carboxylic acids is 1. The van der Waals surface area contributed by atoms with Gasteiger partial charge in [-0.15, -0.1) is 0 Å². The molecular formula is C19H24NO3-. The van der Waals surface area contributed by atoms with Gasteiger partial charge in [0.05, 0.1) is 6.04 Å². The molecule has 1 amide bonds. The average Bonchev–Trinajstić information content (AvgIpc) is 3.10. The quantitative estimate of drug-likeness (QED) is 0.923. The number of amides is 1. The zero-order chi connectivity index (χ0) is 16.7. The second-order valence-corrected chi connectivity index (χ2v) is 7.28. The summed E-state index contributed by atoms with van der Waals surface area (Å²) in [5.74, 6) is -1.89. The normalized spacial score (nSPS) is 30.2. The predicted octanol–water partition coefficient (Wildman–Crippen LogP) is 1.89. The molecule has 0 radical (unpaired) electrons. The lowest BCUT2D eigenvalue weighted by molar-refractivity contribution is -0.314. The van der Waals surface area contributed by atoms with Crippen molar-refractivity contribution < 1.29 is 14.7 Å². The first-order valence-electron chi connectivity index (χ1n) is 8.47. The maximum atomic E-state index is 12.7. The van der Waals surface area contributed by atoms with Crippen molar-refractivity contribution in [3.8, 4) is 0 Å². The van der Waals surface area contributed by atoms with Crippen molar-refractivity contribution in [3.05, 3.63) is 34.9 Å². The molecule has 5 atom stereocenters. The Kier molecular flexibility index (Phi) is 4.17. The van der Waals surface area contributed by atoms with Gasteiger partial charge in [0.25, 0.3) is 0 Å². The van der Waals surface area contributed by atoms with Crippen LogP contribution in [-0.4, -0.2) is 11.9 Å². The Balaban J connectivity index is 1.73. The van der Waals surface area contributed by atoms with Crippen LogP contribution < -0.4 is 10.4 Å². The van der Waals surface area contributed by atoms with Crippen LogP contribution in [0.15, 0.2) is 18.2 Å². The maximum absolute atomic E-state index is 12.7. The number of rotatable bonds is 4. The summed E-state index contributed by atoms with van der Waals surface area (Å²) in [6.45, 7) is 6.06. The van der Waals surface area contributed by atoms with Gasteiger partial charge in [-0.25, -0.2) is 0 Å². The van der Waals surface area contributed by atoms with E-state index < -0.39 is 17.8 Å². The monoisotopic (exact) mass is 314 g/mol. The number of hydrogen-bond donors (Lipinski definition) is 1. The summed E-state index contributed by atoms with van der Waals surface area (Å²) in [5, 5.41) is 14.5. The van der Waals surface area contributed by atoms with Crippen molar-refractivity contribution in [2.45, 2.75) is 46.1 Å². The van der Waals surface area contributed by atoms with Gasteiger partial charge in [-0.3, -0.25) is 4.79 Å². The van der Waals surface area contributed by atoms with Crippen molar-refractivity contribution >= 4 is 11.9 Å². The molecule has 1 aromatic rings. The third-order valence-corrected chi connectivity index (χ3v) is 5.88. The van der Waals surface area contributed by atoms with Crippen LogP contribution >= 0.6 is 0 Å². The molecule has 0 spiro atoms. The highest BCUT2D eigenvalue weighted by atomic mass is 16.4. The molecule has 0 saturated heterocycles. The van der Waals surface area contributed by atoms with E-state index in [1.165, 1.54) is 11.1 Å². The molecule has 23 heavy (non-hydrogen) atoms. The molecule has 124 valence electrons. The number of nitrogens with one attached hydrogen (secondary N) is 1. The van der Waals surface area contributed by atoms with Gasteiger partial charge in [0, 0.05) is 17.8 Å². The summed E-state index contributed by atoms with van der Waals surface area (Å²) in [7, 11) is 0. The van der Waals surface area contributed by atoms with Crippen LogP contribution in [0.1, 0.15) is 48.9 Å². The Hall–Kier alpha value is -1.84. The fourth-order valence-corrected chi connectivity index (χ4v) is 4.43. The predicted molar refractivity (Wildman–Crippen MR) is 85.3 cm³/mol. The third-order valence-electron chi connectivity index (χ3n) is 5.88. The van der Waals surface area contributed by atoms with Crippen LogP contribution in [0.5, 0.6) is 0 Å². The van der Waals surface area contributed by atoms with E-state index >= 15 is 0 Å². The maximum Gasteiger partial charge on any atom is 0.224 e. The molecule has 2 aliphatic carbocycles. The van der Waals surface area contributed by atoms with Gasteiger partial charge < -0.3 is 15.2 Å². The molecule has 1 aromatic carbocycles. The lowest BCUT2D eigenvalue weighted by atomic mass is 9.78. The highest BCUT2D eigenvalue weighted by molar-refractivity contribution is 5.85. The highest BCUT2D eigenvalue weighted by Gasteiger charge is 2.51. The molecular weight excluding hydrogens is 290 g/mol. The number of carbonyl (C=O) groups excluding carboxylic acids is 2. The van der Waals surface area contributed by atoms with E-state index in [0.29, 0.717) is 0 Å². The van der Waals surface area contributed by atoms with Crippen molar-refractivity contribution in [1.29, 1.82) is 0 Å². The first kappa shape index (κ1) is 16.0. The molecule has 0 aromatic heterocycles. The second kappa shape index (κ2) is 5.99. The molecule has 3 rings (SSSR count). The number of carbonyl (C=O) groups is 2. The zero-order valence-electron chi connectivity index (χ0n) is 14.0. The highest BCUT2D eigenvalue weighted by Crippen LogP contribution is 2.52. The van der Waals surface area contributed by atoms with E-state index in [4.69, 9.17) is 0 Å². The van der Waals surface area contributed by atoms with Gasteiger partial charge in [-0.2, -0.15) is 0 Å². The number of benzene rings is 1. The standard InChI is InChI=1S/C19H25NO3/c1-10-4-5-13(8-11(10)2)12(3)20-18(21)16-14-6-7-15(9-14)17(16)19(22)23/h4-5,8,12,14-17H,6-7,9H2,1-3H3,(H,20,21)(H,22,23)/p-1/t12-,14+,15-,16+,17-/m0/s1. The van der Waals surface area contributed by atoms with Crippen LogP contribution in [0.25, 0.3) is 0 Å². The van der Waals surface area contributed by atoms with Crippen molar-refractivity contribution in [3.63, 3.8) is 0 Å². The first-order chi connectivity index (χ1) is 10.9. The number of carboxylic acid groups (broad SMARTS) is 1. The number of hydrogen-bond acceptors (Lipinski definition) is 3. The van der Waals surface area contributed by atoms with Gasteiger partial charge in [0.2, 0.25) is 5.91 Å². The molecule has 0 unspecified atom stereocenters. The minimum atomic E-state index is -1.06. The van der Waals surface area contributed by atoms with Crippen molar-refractivity contribution in [1.82, 2.24) is 5.32 Å². The largest absolute Gasteiger partial charge is 0.550 e. The van der Waals surface area contributed by atoms with E-state index in [-0.39, 0.29) is 23.8 Å². The first-order valence-corrected chi connectivity index (χ1v) is 8.47. The molecule has 1 N–H and O–H groups in total. The minimum absolute atomic E-state index is 0.122. The van der Waals surface area contributed by atoms with E-state index in [2.05, 4.69) is 31.3 Å². The fourth-order valence-electron chi connectivity index (χ4n) is 4.43. The Morgan fingerprint density at radius 1 is 1.13 bits per heavy atom. The van der Waals surface area contributed by atoms with Gasteiger partial charge in [0.15, 0.2) is 0 Å². The van der Waals surface area contributed by atoms with Crippen LogP contribution in [0.3, 0.4) is 0 Å². The topological polar surface area (TPSA) is 69.2 Å². The number of fused-ring (bicyclic) bond motifs is 2. The van der Waals surface area contributed by atoms with Crippen LogP contribution in [0, 0.1) is 37.5 Å². The lowest BCUT2D eigenvalue weighted by Crippen LogP contribution is -2.46. The fraction of sp³-hybridized carbons (Fsp3) is 0.579. The Morgan fingerprint density at radius 3 is 2.39 bits per heavy atom. The summed E-state index contributed by atoms with van der Waals surface area (Å²) in [5.41, 5.74) is 3.46. The summed E-state index contributed by atoms with van der Waals surface area (Å²) in [6, 6.07) is 6.03. The summed E-state index contributed by atoms with van der Waals surface area (Å²) in [6.07, 6.45) is 2.74. The Bertz CT molecular complexity index is 640. The van der Waals surface area contributed by atoms with Crippen LogP contribution in [-0.2, 0) is 9.59 Å². The molecule has 4 nitrogen and oxygen atoms in total. The Labute approximate surface area is 137 Å². The van der Waals surface area contributed by atoms with E-state index in [1.807, 2.05) is 13.0 Å². The molecule has 0 aliphatic heterocycles. The molecule has 2 fully saturated rings. The molecule has 4 heteroatoms. The molecule has 0 heterocycles. The number of aryl methyl sites for hydroxylation is 2. The van der Waals surface area contributed by atoms with E-state index in [1.54, 1.807) is 0 Å². The number of aliphatic carboxylic acids is 1. The SMILES string of the molecule is Cc1ccc([C@H](C)NC(=O)[C@@H]2[C@@H]3CC[C@@H](C3)[C@@H]2C(=O)[O-])cc1C. The Morgan fingerprint density at radius 2 is 1.78 bits per heavy atom. The summed E-state index contributed by atoms with van der Waals surface area (Å²) >= 11 is 0. The molecule has 2 saturated carbocycles. The minimum Gasteiger partial charge on any atom is -0.550 e.